The van der Waals surface area contributed by atoms with Crippen molar-refractivity contribution in [3.8, 4) is 0 Å². The predicted molar refractivity (Wildman–Crippen MR) is 85.7 cm³/mol. The van der Waals surface area contributed by atoms with Gasteiger partial charge in [0, 0.05) is 6.54 Å². The van der Waals surface area contributed by atoms with Crippen LogP contribution in [0.2, 0.25) is 0 Å². The van der Waals surface area contributed by atoms with Crippen LogP contribution in [0.3, 0.4) is 0 Å². The van der Waals surface area contributed by atoms with Gasteiger partial charge in [0.25, 0.3) is 5.91 Å². The van der Waals surface area contributed by atoms with Gasteiger partial charge in [-0.05, 0) is 40.5 Å². The number of rotatable bonds is 7. The number of aryl methyl sites for hydroxylation is 1. The quantitative estimate of drug-likeness (QED) is 0.789. The molecule has 0 aliphatic carbocycles. The molecule has 5 nitrogen and oxygen atoms in total. The Bertz CT molecular complexity index is 609. The normalized spacial score (nSPS) is 12.1. The Labute approximate surface area is 137 Å². The molecule has 0 aliphatic heterocycles. The number of nitrogens with one attached hydrogen (secondary N) is 1. The number of furan rings is 1. The maximum atomic E-state index is 12.0. The first-order valence-electron chi connectivity index (χ1n) is 6.92. The minimum Gasteiger partial charge on any atom is -0.444 e. The third-order valence-corrected chi connectivity index (χ3v) is 3.53. The van der Waals surface area contributed by atoms with Crippen LogP contribution >= 0.6 is 15.9 Å². The van der Waals surface area contributed by atoms with E-state index < -0.39 is 0 Å². The topological polar surface area (TPSA) is 71.7 Å². The van der Waals surface area contributed by atoms with Crippen LogP contribution in [0.15, 0.2) is 45.5 Å². The number of hydrogen-bond acceptors (Lipinski definition) is 4. The number of halogens is 1. The molecule has 0 bridgehead atoms. The molecule has 0 fully saturated rings. The molecule has 2 N–H and O–H groups in total. The molecular formula is C16H18BrNO4. The van der Waals surface area contributed by atoms with Crippen molar-refractivity contribution in [2.75, 3.05) is 19.8 Å². The van der Waals surface area contributed by atoms with E-state index in [1.54, 1.807) is 12.1 Å². The molecule has 118 valence electrons. The average molecular weight is 368 g/mol. The summed E-state index contributed by atoms with van der Waals surface area (Å²) >= 11 is 3.16. The van der Waals surface area contributed by atoms with Crippen LogP contribution in [0.1, 0.15) is 27.8 Å². The van der Waals surface area contributed by atoms with Crippen LogP contribution in [0, 0.1) is 6.92 Å². The number of aliphatic hydroxyl groups excluding tert-OH is 1. The van der Waals surface area contributed by atoms with Crippen molar-refractivity contribution in [1.82, 2.24) is 5.32 Å². The molecule has 0 aliphatic rings. The fourth-order valence-corrected chi connectivity index (χ4v) is 2.26. The fraction of sp³-hybridized carbons (Fsp3) is 0.312. The highest BCUT2D eigenvalue weighted by Crippen LogP contribution is 2.18. The zero-order valence-electron chi connectivity index (χ0n) is 12.2. The Morgan fingerprint density at radius 2 is 2.05 bits per heavy atom. The van der Waals surface area contributed by atoms with Crippen LogP contribution in [0.4, 0.5) is 0 Å². The third kappa shape index (κ3) is 4.69. The van der Waals surface area contributed by atoms with Gasteiger partial charge in [0.1, 0.15) is 0 Å². The largest absolute Gasteiger partial charge is 0.444 e. The molecule has 1 amide bonds. The SMILES string of the molecule is Cc1ccc(C(CNC(=O)c2ccc(Br)o2)OCCO)cc1. The Morgan fingerprint density at radius 3 is 2.64 bits per heavy atom. The van der Waals surface area contributed by atoms with Crippen LogP contribution in [0.25, 0.3) is 0 Å². The number of ether oxygens (including phenoxy) is 1. The Morgan fingerprint density at radius 1 is 1.32 bits per heavy atom. The van der Waals surface area contributed by atoms with Crippen molar-refractivity contribution in [2.24, 2.45) is 0 Å². The van der Waals surface area contributed by atoms with Crippen molar-refractivity contribution >= 4 is 21.8 Å². The predicted octanol–water partition coefficient (Wildman–Crippen LogP) is 2.83. The first-order chi connectivity index (χ1) is 10.6. The Hall–Kier alpha value is -1.63. The Kier molecular flexibility index (Phi) is 6.18. The molecular weight excluding hydrogens is 350 g/mol. The molecule has 1 aromatic carbocycles. The summed E-state index contributed by atoms with van der Waals surface area (Å²) in [5.41, 5.74) is 2.09. The molecule has 1 unspecified atom stereocenters. The summed E-state index contributed by atoms with van der Waals surface area (Å²) in [7, 11) is 0. The molecule has 6 heteroatoms. The van der Waals surface area contributed by atoms with Gasteiger partial charge >= 0.3 is 0 Å². The first-order valence-corrected chi connectivity index (χ1v) is 7.72. The Balaban J connectivity index is 2.00. The standard InChI is InChI=1S/C16H18BrNO4/c1-11-2-4-12(5-3-11)14(21-9-8-19)10-18-16(20)13-6-7-15(17)22-13/h2-7,14,19H,8-10H2,1H3,(H,18,20). The second kappa shape index (κ2) is 8.12. The molecule has 0 spiro atoms. The van der Waals surface area contributed by atoms with Crippen molar-refractivity contribution in [1.29, 1.82) is 0 Å². The number of amides is 1. The van der Waals surface area contributed by atoms with Crippen molar-refractivity contribution < 1.29 is 19.1 Å². The van der Waals surface area contributed by atoms with Crippen molar-refractivity contribution in [3.05, 3.63) is 58.0 Å². The first kappa shape index (κ1) is 16.7. The smallest absolute Gasteiger partial charge is 0.287 e. The number of aliphatic hydroxyl groups is 1. The van der Waals surface area contributed by atoms with E-state index in [0.717, 1.165) is 11.1 Å². The molecule has 0 saturated carbocycles. The summed E-state index contributed by atoms with van der Waals surface area (Å²) in [5.74, 6) is -0.0768. The van der Waals surface area contributed by atoms with Gasteiger partial charge in [0.2, 0.25) is 0 Å². The van der Waals surface area contributed by atoms with E-state index in [0.29, 0.717) is 11.2 Å². The van der Waals surface area contributed by atoms with E-state index >= 15 is 0 Å². The number of carbonyl (C=O) groups is 1. The van der Waals surface area contributed by atoms with E-state index in [9.17, 15) is 4.79 Å². The van der Waals surface area contributed by atoms with Gasteiger partial charge in [-0.15, -0.1) is 0 Å². The van der Waals surface area contributed by atoms with E-state index in [2.05, 4.69) is 21.2 Å². The van der Waals surface area contributed by atoms with Gasteiger partial charge < -0.3 is 19.6 Å². The number of benzene rings is 1. The lowest BCUT2D eigenvalue weighted by atomic mass is 10.1. The highest BCUT2D eigenvalue weighted by atomic mass is 79.9. The van der Waals surface area contributed by atoms with Crippen LogP contribution in [-0.2, 0) is 4.74 Å². The lowest BCUT2D eigenvalue weighted by Crippen LogP contribution is -2.29. The van der Waals surface area contributed by atoms with E-state index in [4.69, 9.17) is 14.3 Å². The number of carbonyl (C=O) groups excluding carboxylic acids is 1. The van der Waals surface area contributed by atoms with Gasteiger partial charge in [-0.2, -0.15) is 0 Å². The zero-order chi connectivity index (χ0) is 15.9. The highest BCUT2D eigenvalue weighted by molar-refractivity contribution is 9.10. The summed E-state index contributed by atoms with van der Waals surface area (Å²) in [6, 6.07) is 11.1. The second-order valence-corrected chi connectivity index (χ2v) is 5.59. The maximum Gasteiger partial charge on any atom is 0.287 e. The molecule has 22 heavy (non-hydrogen) atoms. The minimum absolute atomic E-state index is 0.0680. The third-order valence-electron chi connectivity index (χ3n) is 3.10. The molecule has 1 heterocycles. The summed E-state index contributed by atoms with van der Waals surface area (Å²) in [6.07, 6.45) is -0.324. The summed E-state index contributed by atoms with van der Waals surface area (Å²) in [4.78, 5) is 12.0. The molecule has 0 saturated heterocycles. The van der Waals surface area contributed by atoms with Gasteiger partial charge in [-0.25, -0.2) is 0 Å². The summed E-state index contributed by atoms with van der Waals surface area (Å²) in [5, 5.41) is 11.7. The van der Waals surface area contributed by atoms with Gasteiger partial charge in [0.15, 0.2) is 10.4 Å². The fourth-order valence-electron chi connectivity index (χ4n) is 1.96. The van der Waals surface area contributed by atoms with E-state index in [1.165, 1.54) is 0 Å². The monoisotopic (exact) mass is 367 g/mol. The van der Waals surface area contributed by atoms with Crippen LogP contribution < -0.4 is 5.32 Å². The molecule has 0 radical (unpaired) electrons. The second-order valence-electron chi connectivity index (χ2n) is 4.81. The lowest BCUT2D eigenvalue weighted by molar-refractivity contribution is 0.0275. The minimum atomic E-state index is -0.324. The van der Waals surface area contributed by atoms with Crippen molar-refractivity contribution in [2.45, 2.75) is 13.0 Å². The average Bonchev–Trinajstić information content (AvgIpc) is 2.95. The number of hydrogen-bond donors (Lipinski definition) is 2. The van der Waals surface area contributed by atoms with Gasteiger partial charge in [-0.3, -0.25) is 4.79 Å². The lowest BCUT2D eigenvalue weighted by Gasteiger charge is -2.18. The van der Waals surface area contributed by atoms with Crippen molar-refractivity contribution in [3.63, 3.8) is 0 Å². The summed E-state index contributed by atoms with van der Waals surface area (Å²) < 4.78 is 11.3. The molecule has 1 atom stereocenters. The molecule has 2 aromatic rings. The zero-order valence-corrected chi connectivity index (χ0v) is 13.8. The summed E-state index contributed by atoms with van der Waals surface area (Å²) in [6.45, 7) is 2.44. The molecule has 2 rings (SSSR count). The van der Waals surface area contributed by atoms with Gasteiger partial charge in [0.05, 0.1) is 19.3 Å². The van der Waals surface area contributed by atoms with E-state index in [-0.39, 0.29) is 31.0 Å². The van der Waals surface area contributed by atoms with Gasteiger partial charge in [-0.1, -0.05) is 29.8 Å². The maximum absolute atomic E-state index is 12.0. The highest BCUT2D eigenvalue weighted by Gasteiger charge is 2.16. The van der Waals surface area contributed by atoms with E-state index in [1.807, 2.05) is 31.2 Å². The van der Waals surface area contributed by atoms with Crippen LogP contribution in [0.5, 0.6) is 0 Å². The van der Waals surface area contributed by atoms with Crippen LogP contribution in [-0.4, -0.2) is 30.8 Å². The molecule has 1 aromatic heterocycles.